The number of para-hydroxylation sites is 1. The summed E-state index contributed by atoms with van der Waals surface area (Å²) in [4.78, 5) is 19.3. The zero-order valence-corrected chi connectivity index (χ0v) is 15.2. The van der Waals surface area contributed by atoms with Crippen molar-refractivity contribution >= 4 is 17.3 Å². The maximum Gasteiger partial charge on any atom is 0.255 e. The number of likely N-dealkylation sites (tertiary alicyclic amines) is 1. The van der Waals surface area contributed by atoms with E-state index >= 15 is 0 Å². The number of carbonyl (C=O) groups is 1. The molecule has 4 heteroatoms. The van der Waals surface area contributed by atoms with Crippen LogP contribution in [0.3, 0.4) is 0 Å². The molecule has 2 heterocycles. The molecule has 1 N–H and O–H groups in total. The molecule has 1 saturated heterocycles. The Hall–Kier alpha value is -2.36. The largest absolute Gasteiger partial charge is 0.354 e. The Morgan fingerprint density at radius 3 is 2.88 bits per heavy atom. The van der Waals surface area contributed by atoms with Gasteiger partial charge in [-0.1, -0.05) is 32.0 Å². The van der Waals surface area contributed by atoms with E-state index in [1.165, 1.54) is 12.0 Å². The molecule has 1 aliphatic heterocycles. The molecule has 1 atom stereocenters. The minimum absolute atomic E-state index is 0.103. The van der Waals surface area contributed by atoms with Crippen LogP contribution in [0.4, 0.5) is 11.4 Å². The summed E-state index contributed by atoms with van der Waals surface area (Å²) in [5.74, 6) is 0.103. The van der Waals surface area contributed by atoms with Crippen LogP contribution in [0.5, 0.6) is 0 Å². The third kappa shape index (κ3) is 4.01. The van der Waals surface area contributed by atoms with Gasteiger partial charge in [0.15, 0.2) is 0 Å². The summed E-state index contributed by atoms with van der Waals surface area (Å²) in [5.41, 5.74) is 3.85. The first-order chi connectivity index (χ1) is 12.2. The van der Waals surface area contributed by atoms with Gasteiger partial charge < -0.3 is 10.2 Å². The molecule has 1 aromatic carbocycles. The van der Waals surface area contributed by atoms with Crippen LogP contribution >= 0.6 is 0 Å². The number of aromatic nitrogens is 1. The lowest BCUT2D eigenvalue weighted by molar-refractivity contribution is 0.0607. The number of piperidine rings is 1. The van der Waals surface area contributed by atoms with E-state index in [0.717, 1.165) is 43.6 Å². The number of anilines is 2. The zero-order chi connectivity index (χ0) is 17.6. The first kappa shape index (κ1) is 17.5. The van der Waals surface area contributed by atoms with Crippen LogP contribution in [0, 0.1) is 0 Å². The highest BCUT2D eigenvalue weighted by atomic mass is 16.2. The summed E-state index contributed by atoms with van der Waals surface area (Å²) >= 11 is 0. The number of hydrogen-bond donors (Lipinski definition) is 1. The molecule has 1 fully saturated rings. The molecule has 1 aliphatic rings. The lowest BCUT2D eigenvalue weighted by Gasteiger charge is -2.35. The van der Waals surface area contributed by atoms with Gasteiger partial charge >= 0.3 is 0 Å². The number of nitrogens with one attached hydrogen (secondary N) is 1. The molecule has 4 nitrogen and oxygen atoms in total. The van der Waals surface area contributed by atoms with Crippen molar-refractivity contribution in [3.8, 4) is 0 Å². The van der Waals surface area contributed by atoms with Crippen LogP contribution < -0.4 is 5.32 Å². The van der Waals surface area contributed by atoms with Gasteiger partial charge in [-0.05, 0) is 49.8 Å². The molecule has 1 amide bonds. The number of hydrogen-bond acceptors (Lipinski definition) is 3. The Bertz CT molecular complexity index is 729. The molecular formula is C21H27N3O. The number of aryl methyl sites for hydroxylation is 1. The molecule has 132 valence electrons. The van der Waals surface area contributed by atoms with Gasteiger partial charge in [0.05, 0.1) is 17.4 Å². The van der Waals surface area contributed by atoms with Crippen LogP contribution in [0.2, 0.25) is 0 Å². The van der Waals surface area contributed by atoms with Crippen molar-refractivity contribution in [3.63, 3.8) is 0 Å². The molecule has 0 aliphatic carbocycles. The average molecular weight is 337 g/mol. The third-order valence-electron chi connectivity index (χ3n) is 5.02. The van der Waals surface area contributed by atoms with Gasteiger partial charge in [-0.15, -0.1) is 0 Å². The van der Waals surface area contributed by atoms with Gasteiger partial charge in [0.1, 0.15) is 0 Å². The number of nitrogens with zero attached hydrogens (tertiary/aromatic N) is 2. The number of amides is 1. The first-order valence-corrected chi connectivity index (χ1v) is 9.33. The predicted molar refractivity (Wildman–Crippen MR) is 102 cm³/mol. The number of pyridine rings is 1. The fourth-order valence-electron chi connectivity index (χ4n) is 3.59. The van der Waals surface area contributed by atoms with E-state index in [2.05, 4.69) is 36.3 Å². The molecule has 0 spiro atoms. The zero-order valence-electron chi connectivity index (χ0n) is 15.2. The number of benzene rings is 1. The summed E-state index contributed by atoms with van der Waals surface area (Å²) in [6.07, 6.45) is 8.85. The minimum Gasteiger partial charge on any atom is -0.354 e. The predicted octanol–water partition coefficient (Wildman–Crippen LogP) is 4.79. The summed E-state index contributed by atoms with van der Waals surface area (Å²) in [5, 5.41) is 3.41. The lowest BCUT2D eigenvalue weighted by Crippen LogP contribution is -2.43. The van der Waals surface area contributed by atoms with Gasteiger partial charge in [0.25, 0.3) is 5.91 Å². The van der Waals surface area contributed by atoms with Crippen molar-refractivity contribution in [2.24, 2.45) is 0 Å². The Morgan fingerprint density at radius 2 is 2.08 bits per heavy atom. The molecule has 0 saturated carbocycles. The van der Waals surface area contributed by atoms with Gasteiger partial charge in [-0.25, -0.2) is 0 Å². The summed E-state index contributed by atoms with van der Waals surface area (Å²) < 4.78 is 0. The molecule has 25 heavy (non-hydrogen) atoms. The molecule has 1 unspecified atom stereocenters. The summed E-state index contributed by atoms with van der Waals surface area (Å²) in [6.45, 7) is 5.15. The third-order valence-corrected chi connectivity index (χ3v) is 5.02. The SMILES string of the molecule is CCc1ccccc1Nc1cncc(C(=O)N2CCCCC2CC)c1. The maximum absolute atomic E-state index is 13.0. The van der Waals surface area contributed by atoms with Crippen LogP contribution in [-0.4, -0.2) is 28.4 Å². The quantitative estimate of drug-likeness (QED) is 0.853. The second-order valence-corrected chi connectivity index (χ2v) is 6.65. The minimum atomic E-state index is 0.103. The monoisotopic (exact) mass is 337 g/mol. The molecule has 2 aromatic rings. The normalized spacial score (nSPS) is 17.4. The average Bonchev–Trinajstić information content (AvgIpc) is 2.68. The van der Waals surface area contributed by atoms with Crippen molar-refractivity contribution in [2.75, 3.05) is 11.9 Å². The van der Waals surface area contributed by atoms with Crippen molar-refractivity contribution < 1.29 is 4.79 Å². The highest BCUT2D eigenvalue weighted by Gasteiger charge is 2.26. The van der Waals surface area contributed by atoms with Crippen molar-refractivity contribution in [1.29, 1.82) is 0 Å². The number of carbonyl (C=O) groups excluding carboxylic acids is 1. The highest BCUT2D eigenvalue weighted by molar-refractivity contribution is 5.95. The molecule has 0 bridgehead atoms. The van der Waals surface area contributed by atoms with E-state index < -0.39 is 0 Å². The molecule has 1 aromatic heterocycles. The van der Waals surface area contributed by atoms with Crippen LogP contribution in [-0.2, 0) is 6.42 Å². The van der Waals surface area contributed by atoms with Crippen LogP contribution in [0.1, 0.15) is 55.5 Å². The van der Waals surface area contributed by atoms with Crippen molar-refractivity contribution in [3.05, 3.63) is 53.9 Å². The fraction of sp³-hybridized carbons (Fsp3) is 0.429. The van der Waals surface area contributed by atoms with Crippen LogP contribution in [0.15, 0.2) is 42.7 Å². The highest BCUT2D eigenvalue weighted by Crippen LogP contribution is 2.24. The van der Waals surface area contributed by atoms with Gasteiger partial charge in [-0.3, -0.25) is 9.78 Å². The van der Waals surface area contributed by atoms with E-state index in [1.807, 2.05) is 23.1 Å². The van der Waals surface area contributed by atoms with E-state index in [4.69, 9.17) is 0 Å². The van der Waals surface area contributed by atoms with E-state index in [-0.39, 0.29) is 5.91 Å². The van der Waals surface area contributed by atoms with Gasteiger partial charge in [0, 0.05) is 24.5 Å². The number of rotatable bonds is 5. The topological polar surface area (TPSA) is 45.2 Å². The fourth-order valence-corrected chi connectivity index (χ4v) is 3.59. The maximum atomic E-state index is 13.0. The lowest BCUT2D eigenvalue weighted by atomic mass is 9.99. The first-order valence-electron chi connectivity index (χ1n) is 9.33. The Morgan fingerprint density at radius 1 is 1.24 bits per heavy atom. The van der Waals surface area contributed by atoms with Gasteiger partial charge in [-0.2, -0.15) is 0 Å². The standard InChI is InChI=1S/C21H27N3O/c1-3-16-9-5-6-11-20(16)23-18-13-17(14-22-15-18)21(25)24-12-8-7-10-19(24)4-2/h5-6,9,11,13-15,19,23H,3-4,7-8,10,12H2,1-2H3. The smallest absolute Gasteiger partial charge is 0.255 e. The molecule has 3 rings (SSSR count). The van der Waals surface area contributed by atoms with E-state index in [1.54, 1.807) is 12.4 Å². The molecule has 0 radical (unpaired) electrons. The van der Waals surface area contributed by atoms with Crippen molar-refractivity contribution in [1.82, 2.24) is 9.88 Å². The second kappa shape index (κ2) is 8.15. The summed E-state index contributed by atoms with van der Waals surface area (Å²) in [7, 11) is 0. The van der Waals surface area contributed by atoms with E-state index in [9.17, 15) is 4.79 Å². The Kier molecular flexibility index (Phi) is 5.69. The van der Waals surface area contributed by atoms with Crippen LogP contribution in [0.25, 0.3) is 0 Å². The Balaban J connectivity index is 1.80. The van der Waals surface area contributed by atoms with Crippen molar-refractivity contribution in [2.45, 2.75) is 52.0 Å². The molecular weight excluding hydrogens is 310 g/mol. The van der Waals surface area contributed by atoms with E-state index in [0.29, 0.717) is 11.6 Å². The van der Waals surface area contributed by atoms with Gasteiger partial charge in [0.2, 0.25) is 0 Å². The Labute approximate surface area is 150 Å². The second-order valence-electron chi connectivity index (χ2n) is 6.65. The summed E-state index contributed by atoms with van der Waals surface area (Å²) in [6, 6.07) is 10.5.